The minimum absolute atomic E-state index is 0.0488. The van der Waals surface area contributed by atoms with Crippen molar-refractivity contribution in [2.45, 2.75) is 12.5 Å². The summed E-state index contributed by atoms with van der Waals surface area (Å²) in [4.78, 5) is 4.01. The Kier molecular flexibility index (Phi) is 2.78. The highest BCUT2D eigenvalue weighted by Crippen LogP contribution is 2.20. The Hall–Kier alpha value is -2.20. The topological polar surface area (TPSA) is 56.2 Å². The van der Waals surface area contributed by atoms with Gasteiger partial charge < -0.3 is 5.73 Å². The van der Waals surface area contributed by atoms with E-state index in [4.69, 9.17) is 5.73 Å². The van der Waals surface area contributed by atoms with Gasteiger partial charge >= 0.3 is 0 Å². The number of hydrogen-bond acceptors (Lipinski definition) is 3. The fraction of sp³-hybridized carbons (Fsp3) is 0.143. The van der Waals surface area contributed by atoms with E-state index < -0.39 is 0 Å². The van der Waals surface area contributed by atoms with Crippen LogP contribution in [0.2, 0.25) is 0 Å². The fourth-order valence-corrected chi connectivity index (χ4v) is 2.12. The van der Waals surface area contributed by atoms with E-state index >= 15 is 0 Å². The van der Waals surface area contributed by atoms with Crippen LogP contribution in [0.25, 0.3) is 5.52 Å². The molecule has 4 heteroatoms. The molecule has 3 rings (SSSR count). The Morgan fingerprint density at radius 3 is 2.83 bits per heavy atom. The first-order valence-corrected chi connectivity index (χ1v) is 5.91. The zero-order valence-electron chi connectivity index (χ0n) is 9.90. The molecule has 0 aromatic carbocycles. The van der Waals surface area contributed by atoms with Crippen molar-refractivity contribution in [3.05, 3.63) is 66.2 Å². The molecule has 0 amide bonds. The van der Waals surface area contributed by atoms with Gasteiger partial charge in [0.15, 0.2) is 0 Å². The zero-order chi connectivity index (χ0) is 12.4. The van der Waals surface area contributed by atoms with Gasteiger partial charge in [-0.25, -0.2) is 4.52 Å². The highest BCUT2D eigenvalue weighted by atomic mass is 15.2. The third kappa shape index (κ3) is 1.98. The van der Waals surface area contributed by atoms with Crippen molar-refractivity contribution in [3.8, 4) is 0 Å². The van der Waals surface area contributed by atoms with E-state index in [9.17, 15) is 0 Å². The van der Waals surface area contributed by atoms with Gasteiger partial charge in [0.25, 0.3) is 0 Å². The first-order chi connectivity index (χ1) is 8.84. The molecule has 0 spiro atoms. The van der Waals surface area contributed by atoms with Crippen LogP contribution in [0.1, 0.15) is 17.2 Å². The lowest BCUT2D eigenvalue weighted by atomic mass is 10.0. The van der Waals surface area contributed by atoms with Crippen molar-refractivity contribution < 1.29 is 0 Å². The molecule has 3 heterocycles. The van der Waals surface area contributed by atoms with Gasteiger partial charge in [-0.2, -0.15) is 5.10 Å². The second-order valence-corrected chi connectivity index (χ2v) is 4.30. The fourth-order valence-electron chi connectivity index (χ4n) is 2.12. The van der Waals surface area contributed by atoms with E-state index in [1.54, 1.807) is 12.4 Å². The van der Waals surface area contributed by atoms with E-state index in [0.29, 0.717) is 0 Å². The third-order valence-corrected chi connectivity index (χ3v) is 3.06. The number of hydrogen-bond donors (Lipinski definition) is 1. The van der Waals surface area contributed by atoms with Crippen LogP contribution in [0.4, 0.5) is 0 Å². The van der Waals surface area contributed by atoms with Gasteiger partial charge in [0.1, 0.15) is 0 Å². The largest absolute Gasteiger partial charge is 0.324 e. The summed E-state index contributed by atoms with van der Waals surface area (Å²) in [6, 6.07) is 9.93. The van der Waals surface area contributed by atoms with Gasteiger partial charge in [0.2, 0.25) is 0 Å². The van der Waals surface area contributed by atoms with Crippen LogP contribution in [0.5, 0.6) is 0 Å². The summed E-state index contributed by atoms with van der Waals surface area (Å²) in [6.07, 6.45) is 8.15. The molecule has 3 aromatic rings. The van der Waals surface area contributed by atoms with Crippen LogP contribution in [0.3, 0.4) is 0 Å². The molecular weight excluding hydrogens is 224 g/mol. The molecule has 0 radical (unpaired) electrons. The SMILES string of the molecule is NC(Cc1ccncc1)c1cnn2ccccc12. The van der Waals surface area contributed by atoms with E-state index in [-0.39, 0.29) is 6.04 Å². The average molecular weight is 238 g/mol. The quantitative estimate of drug-likeness (QED) is 0.759. The van der Waals surface area contributed by atoms with Crippen molar-refractivity contribution in [3.63, 3.8) is 0 Å². The lowest BCUT2D eigenvalue weighted by molar-refractivity contribution is 0.727. The highest BCUT2D eigenvalue weighted by Gasteiger charge is 2.12. The summed E-state index contributed by atoms with van der Waals surface area (Å²) in [5, 5.41) is 4.31. The molecule has 0 saturated heterocycles. The van der Waals surface area contributed by atoms with Crippen molar-refractivity contribution in [1.29, 1.82) is 0 Å². The first-order valence-electron chi connectivity index (χ1n) is 5.91. The summed E-state index contributed by atoms with van der Waals surface area (Å²) >= 11 is 0. The Morgan fingerprint density at radius 1 is 1.17 bits per heavy atom. The van der Waals surface area contributed by atoms with Crippen LogP contribution < -0.4 is 5.73 Å². The number of pyridine rings is 2. The molecule has 90 valence electrons. The molecule has 0 fully saturated rings. The van der Waals surface area contributed by atoms with Gasteiger partial charge in [0, 0.05) is 30.2 Å². The van der Waals surface area contributed by atoms with Crippen LogP contribution in [0, 0.1) is 0 Å². The number of rotatable bonds is 3. The number of nitrogens with zero attached hydrogens (tertiary/aromatic N) is 3. The molecule has 0 bridgehead atoms. The lowest BCUT2D eigenvalue weighted by Gasteiger charge is -2.10. The van der Waals surface area contributed by atoms with E-state index in [1.165, 1.54) is 5.56 Å². The van der Waals surface area contributed by atoms with Gasteiger partial charge in [-0.1, -0.05) is 6.07 Å². The Balaban J connectivity index is 1.90. The summed E-state index contributed by atoms with van der Waals surface area (Å²) in [5.41, 5.74) is 9.60. The summed E-state index contributed by atoms with van der Waals surface area (Å²) in [7, 11) is 0. The first kappa shape index (κ1) is 10.9. The van der Waals surface area contributed by atoms with Gasteiger partial charge in [-0.3, -0.25) is 4.98 Å². The predicted molar refractivity (Wildman–Crippen MR) is 70.1 cm³/mol. The van der Waals surface area contributed by atoms with Gasteiger partial charge in [-0.15, -0.1) is 0 Å². The van der Waals surface area contributed by atoms with Crippen LogP contribution in [-0.4, -0.2) is 14.6 Å². The number of aromatic nitrogens is 3. The monoisotopic (exact) mass is 238 g/mol. The van der Waals surface area contributed by atoms with Crippen LogP contribution in [0.15, 0.2) is 55.1 Å². The maximum absolute atomic E-state index is 6.26. The van der Waals surface area contributed by atoms with Crippen molar-refractivity contribution >= 4 is 5.52 Å². The van der Waals surface area contributed by atoms with Crippen LogP contribution in [-0.2, 0) is 6.42 Å². The zero-order valence-corrected chi connectivity index (χ0v) is 9.90. The highest BCUT2D eigenvalue weighted by molar-refractivity contribution is 5.55. The van der Waals surface area contributed by atoms with E-state index in [2.05, 4.69) is 10.1 Å². The predicted octanol–water partition coefficient (Wildman–Crippen LogP) is 1.97. The third-order valence-electron chi connectivity index (χ3n) is 3.06. The molecule has 0 saturated carbocycles. The molecular formula is C14H14N4. The van der Waals surface area contributed by atoms with Crippen molar-refractivity contribution in [2.24, 2.45) is 5.73 Å². The summed E-state index contributed by atoms with van der Waals surface area (Å²) in [5.74, 6) is 0. The maximum atomic E-state index is 6.26. The minimum Gasteiger partial charge on any atom is -0.324 e. The minimum atomic E-state index is -0.0488. The standard InChI is InChI=1S/C14H14N4/c15-13(9-11-4-6-16-7-5-11)12-10-17-18-8-2-1-3-14(12)18/h1-8,10,13H,9,15H2. The number of nitrogens with two attached hydrogens (primary N) is 1. The van der Waals surface area contributed by atoms with Crippen LogP contribution >= 0.6 is 0 Å². The molecule has 0 aliphatic carbocycles. The molecule has 4 nitrogen and oxygen atoms in total. The number of fused-ring (bicyclic) bond motifs is 1. The Morgan fingerprint density at radius 2 is 2.00 bits per heavy atom. The summed E-state index contributed by atoms with van der Waals surface area (Å²) in [6.45, 7) is 0. The summed E-state index contributed by atoms with van der Waals surface area (Å²) < 4.78 is 1.85. The Labute approximate surface area is 105 Å². The van der Waals surface area contributed by atoms with Crippen molar-refractivity contribution in [2.75, 3.05) is 0 Å². The van der Waals surface area contributed by atoms with Gasteiger partial charge in [0.05, 0.1) is 11.7 Å². The van der Waals surface area contributed by atoms with Crippen molar-refractivity contribution in [1.82, 2.24) is 14.6 Å². The molecule has 1 atom stereocenters. The maximum Gasteiger partial charge on any atom is 0.0709 e. The van der Waals surface area contributed by atoms with E-state index in [1.807, 2.05) is 47.2 Å². The molecule has 0 aliphatic heterocycles. The molecule has 2 N–H and O–H groups in total. The van der Waals surface area contributed by atoms with Gasteiger partial charge in [-0.05, 0) is 36.2 Å². The molecule has 0 aliphatic rings. The second kappa shape index (κ2) is 4.58. The second-order valence-electron chi connectivity index (χ2n) is 4.30. The molecule has 18 heavy (non-hydrogen) atoms. The average Bonchev–Trinajstić information content (AvgIpc) is 2.84. The molecule has 3 aromatic heterocycles. The lowest BCUT2D eigenvalue weighted by Crippen LogP contribution is -2.13. The smallest absolute Gasteiger partial charge is 0.0709 e. The molecule has 1 unspecified atom stereocenters. The Bertz CT molecular complexity index is 645. The van der Waals surface area contributed by atoms with E-state index in [0.717, 1.165) is 17.5 Å². The normalized spacial score (nSPS) is 12.7.